The van der Waals surface area contributed by atoms with E-state index in [0.717, 1.165) is 33.3 Å². The zero-order valence-corrected chi connectivity index (χ0v) is 20.8. The number of amides is 1. The van der Waals surface area contributed by atoms with Crippen LogP contribution in [0, 0.1) is 12.3 Å². The van der Waals surface area contributed by atoms with Gasteiger partial charge in [-0.05, 0) is 56.9 Å². The highest BCUT2D eigenvalue weighted by atomic mass is 16.5. The highest BCUT2D eigenvalue weighted by Crippen LogP contribution is 2.30. The van der Waals surface area contributed by atoms with Crippen LogP contribution in [0.5, 0.6) is 5.75 Å². The van der Waals surface area contributed by atoms with Crippen LogP contribution in [0.4, 0.5) is 11.6 Å². The van der Waals surface area contributed by atoms with Crippen LogP contribution in [0.2, 0.25) is 0 Å². The summed E-state index contributed by atoms with van der Waals surface area (Å²) in [6.07, 6.45) is 11.0. The van der Waals surface area contributed by atoms with Crippen molar-refractivity contribution in [2.24, 2.45) is 7.05 Å². The van der Waals surface area contributed by atoms with Crippen molar-refractivity contribution < 1.29 is 9.53 Å². The molecule has 0 saturated carbocycles. The predicted octanol–water partition coefficient (Wildman–Crippen LogP) is 3.20. The predicted molar refractivity (Wildman–Crippen MR) is 141 cm³/mol. The number of ether oxygens (including phenoxy) is 1. The number of nitrogens with one attached hydrogen (secondary N) is 2. The number of nitrogens with zero attached hydrogens (tertiary/aromatic N) is 5. The maximum Gasteiger partial charge on any atom is 0.234 e. The largest absolute Gasteiger partial charge is 0.491 e. The van der Waals surface area contributed by atoms with E-state index in [1.807, 2.05) is 75.6 Å². The lowest BCUT2D eigenvalue weighted by atomic mass is 10.1. The van der Waals surface area contributed by atoms with Gasteiger partial charge in [-0.15, -0.1) is 6.42 Å². The lowest BCUT2D eigenvalue weighted by molar-refractivity contribution is -0.122. The zero-order chi connectivity index (χ0) is 25.7. The number of carbonyl (C=O) groups is 1. The first-order valence-corrected chi connectivity index (χ1v) is 11.5. The molecule has 1 unspecified atom stereocenters. The van der Waals surface area contributed by atoms with Gasteiger partial charge >= 0.3 is 0 Å². The molecule has 0 bridgehead atoms. The average Bonchev–Trinajstić information content (AvgIpc) is 3.28. The van der Waals surface area contributed by atoms with Crippen molar-refractivity contribution in [3.8, 4) is 29.2 Å². The molecule has 2 heterocycles. The minimum Gasteiger partial charge on any atom is -0.491 e. The molecule has 0 aliphatic carbocycles. The van der Waals surface area contributed by atoms with Crippen LogP contribution in [-0.2, 0) is 11.8 Å². The second-order valence-electron chi connectivity index (χ2n) is 8.90. The maximum absolute atomic E-state index is 12.1. The molecule has 4 aromatic rings. The Morgan fingerprint density at radius 1 is 1.19 bits per heavy atom. The fraction of sp³-hybridized carbons (Fsp3) is 0.259. The number of terminal acetylenes is 1. The standard InChI is InChI=1S/C27H29N7O2/c1-6-19-7-8-25-21(9-19)13-28-27(32-25)31-23-10-20(22-14-29-34(5)15-22)11-24(12-23)36-17-18(2)30-26(35)16-33(3)4/h1,7-15,18H,16-17H2,2-5H3,(H,30,35)(H,28,31,32). The molecule has 1 atom stereocenters. The van der Waals surface area contributed by atoms with Crippen molar-refractivity contribution in [3.63, 3.8) is 0 Å². The normalized spacial score (nSPS) is 11.8. The second kappa shape index (κ2) is 10.9. The Morgan fingerprint density at radius 3 is 2.75 bits per heavy atom. The van der Waals surface area contributed by atoms with Crippen molar-refractivity contribution in [2.45, 2.75) is 13.0 Å². The number of hydrogen-bond donors (Lipinski definition) is 2. The van der Waals surface area contributed by atoms with Gasteiger partial charge in [-0.25, -0.2) is 9.97 Å². The fourth-order valence-corrected chi connectivity index (χ4v) is 3.67. The van der Waals surface area contributed by atoms with Crippen molar-refractivity contribution in [1.29, 1.82) is 0 Å². The number of likely N-dealkylation sites (N-methyl/N-ethyl adjacent to an activating group) is 1. The van der Waals surface area contributed by atoms with Crippen LogP contribution >= 0.6 is 0 Å². The molecule has 9 nitrogen and oxygen atoms in total. The van der Waals surface area contributed by atoms with Gasteiger partial charge < -0.3 is 20.3 Å². The number of fused-ring (bicyclic) bond motifs is 1. The van der Waals surface area contributed by atoms with Gasteiger partial charge in [0.2, 0.25) is 11.9 Å². The Morgan fingerprint density at radius 2 is 2.03 bits per heavy atom. The number of rotatable bonds is 9. The molecule has 1 amide bonds. The summed E-state index contributed by atoms with van der Waals surface area (Å²) in [4.78, 5) is 22.9. The maximum atomic E-state index is 12.1. The molecule has 0 spiro atoms. The third-order valence-corrected chi connectivity index (χ3v) is 5.31. The van der Waals surface area contributed by atoms with E-state index in [9.17, 15) is 4.79 Å². The minimum atomic E-state index is -0.160. The van der Waals surface area contributed by atoms with E-state index in [-0.39, 0.29) is 11.9 Å². The minimum absolute atomic E-state index is 0.0506. The second-order valence-corrected chi connectivity index (χ2v) is 8.90. The molecule has 0 radical (unpaired) electrons. The fourth-order valence-electron chi connectivity index (χ4n) is 3.67. The number of aromatic nitrogens is 4. The SMILES string of the molecule is C#Cc1ccc2nc(Nc3cc(OCC(C)NC(=O)CN(C)C)cc(-c4cnn(C)c4)c3)ncc2c1. The van der Waals surface area contributed by atoms with Crippen molar-refractivity contribution in [2.75, 3.05) is 32.6 Å². The van der Waals surface area contributed by atoms with E-state index in [2.05, 4.69) is 31.6 Å². The van der Waals surface area contributed by atoms with Gasteiger partial charge in [0.1, 0.15) is 12.4 Å². The summed E-state index contributed by atoms with van der Waals surface area (Å²) < 4.78 is 7.81. The first-order valence-electron chi connectivity index (χ1n) is 11.5. The molecule has 2 N–H and O–H groups in total. The molecule has 0 aliphatic rings. The molecule has 0 aliphatic heterocycles. The average molecular weight is 484 g/mol. The monoisotopic (exact) mass is 483 g/mol. The number of carbonyl (C=O) groups excluding carboxylic acids is 1. The van der Waals surface area contributed by atoms with Crippen LogP contribution in [0.15, 0.2) is 55.0 Å². The Labute approximate surface area is 210 Å². The van der Waals surface area contributed by atoms with E-state index in [1.54, 1.807) is 17.1 Å². The van der Waals surface area contributed by atoms with Crippen LogP contribution in [0.1, 0.15) is 12.5 Å². The molecular weight excluding hydrogens is 454 g/mol. The lowest BCUT2D eigenvalue weighted by Gasteiger charge is -2.18. The summed E-state index contributed by atoms with van der Waals surface area (Å²) in [6, 6.07) is 11.3. The van der Waals surface area contributed by atoms with Crippen LogP contribution in [0.3, 0.4) is 0 Å². The number of hydrogen-bond acceptors (Lipinski definition) is 7. The summed E-state index contributed by atoms with van der Waals surface area (Å²) in [5.41, 5.74) is 4.19. The summed E-state index contributed by atoms with van der Waals surface area (Å²) in [5.74, 6) is 3.67. The van der Waals surface area contributed by atoms with E-state index < -0.39 is 0 Å². The van der Waals surface area contributed by atoms with E-state index in [1.165, 1.54) is 0 Å². The molecule has 4 rings (SSSR count). The van der Waals surface area contributed by atoms with Gasteiger partial charge in [0, 0.05) is 47.7 Å². The smallest absolute Gasteiger partial charge is 0.234 e. The highest BCUT2D eigenvalue weighted by Gasteiger charge is 2.12. The Kier molecular flexibility index (Phi) is 7.47. The third-order valence-electron chi connectivity index (χ3n) is 5.31. The van der Waals surface area contributed by atoms with Crippen LogP contribution in [0.25, 0.3) is 22.0 Å². The Bertz CT molecular complexity index is 1420. The van der Waals surface area contributed by atoms with E-state index >= 15 is 0 Å². The van der Waals surface area contributed by atoms with Gasteiger partial charge in [-0.1, -0.05) is 5.92 Å². The topological polar surface area (TPSA) is 97.2 Å². The molecule has 184 valence electrons. The van der Waals surface area contributed by atoms with Crippen molar-refractivity contribution in [1.82, 2.24) is 30.0 Å². The van der Waals surface area contributed by atoms with Gasteiger partial charge in [0.05, 0.1) is 24.3 Å². The molecule has 2 aromatic carbocycles. The lowest BCUT2D eigenvalue weighted by Crippen LogP contribution is -2.41. The first kappa shape index (κ1) is 24.7. The number of benzene rings is 2. The number of anilines is 2. The third kappa shape index (κ3) is 6.37. The highest BCUT2D eigenvalue weighted by molar-refractivity contribution is 5.81. The van der Waals surface area contributed by atoms with Crippen molar-refractivity contribution >= 4 is 28.4 Å². The van der Waals surface area contributed by atoms with Crippen LogP contribution in [-0.4, -0.2) is 63.8 Å². The van der Waals surface area contributed by atoms with Gasteiger partial charge in [-0.3, -0.25) is 9.48 Å². The van der Waals surface area contributed by atoms with Gasteiger partial charge in [0.15, 0.2) is 0 Å². The molecule has 2 aromatic heterocycles. The van der Waals surface area contributed by atoms with Crippen LogP contribution < -0.4 is 15.4 Å². The summed E-state index contributed by atoms with van der Waals surface area (Å²) in [6.45, 7) is 2.55. The molecular formula is C27H29N7O2. The van der Waals surface area contributed by atoms with Crippen molar-refractivity contribution in [3.05, 3.63) is 60.6 Å². The molecule has 9 heteroatoms. The molecule has 0 fully saturated rings. The summed E-state index contributed by atoms with van der Waals surface area (Å²) in [5, 5.41) is 11.4. The van der Waals surface area contributed by atoms with E-state index in [4.69, 9.17) is 11.2 Å². The Balaban J connectivity index is 1.56. The quantitative estimate of drug-likeness (QED) is 0.353. The number of aryl methyl sites for hydroxylation is 1. The zero-order valence-electron chi connectivity index (χ0n) is 20.8. The van der Waals surface area contributed by atoms with Gasteiger partial charge in [-0.2, -0.15) is 5.10 Å². The Hall–Kier alpha value is -4.42. The molecule has 0 saturated heterocycles. The summed E-state index contributed by atoms with van der Waals surface area (Å²) >= 11 is 0. The summed E-state index contributed by atoms with van der Waals surface area (Å²) in [7, 11) is 5.58. The first-order chi connectivity index (χ1) is 17.3. The van der Waals surface area contributed by atoms with Gasteiger partial charge in [0.25, 0.3) is 0 Å². The van der Waals surface area contributed by atoms with E-state index in [0.29, 0.717) is 24.8 Å². The molecule has 36 heavy (non-hydrogen) atoms.